The van der Waals surface area contributed by atoms with E-state index in [2.05, 4.69) is 4.72 Å². The second-order valence-corrected chi connectivity index (χ2v) is 6.67. The minimum atomic E-state index is -3.58. The fourth-order valence-corrected chi connectivity index (χ4v) is 4.07. The van der Waals surface area contributed by atoms with Crippen molar-refractivity contribution in [2.45, 2.75) is 43.7 Å². The van der Waals surface area contributed by atoms with Crippen molar-refractivity contribution < 1.29 is 13.2 Å². The Labute approximate surface area is 114 Å². The zero-order valence-corrected chi connectivity index (χ0v) is 12.0. The largest absolute Gasteiger partial charge is 0.398 e. The Balaban J connectivity index is 2.23. The van der Waals surface area contributed by atoms with Crippen molar-refractivity contribution >= 4 is 15.7 Å². The van der Waals surface area contributed by atoms with Crippen molar-refractivity contribution in [1.29, 1.82) is 0 Å². The van der Waals surface area contributed by atoms with Gasteiger partial charge in [-0.2, -0.15) is 0 Å². The van der Waals surface area contributed by atoms with Gasteiger partial charge in [0.1, 0.15) is 4.90 Å². The molecule has 106 valence electrons. The Morgan fingerprint density at radius 2 is 2.16 bits per heavy atom. The molecule has 0 aliphatic carbocycles. The van der Waals surface area contributed by atoms with Crippen LogP contribution < -0.4 is 10.5 Å². The van der Waals surface area contributed by atoms with E-state index in [1.54, 1.807) is 25.1 Å². The average molecular weight is 284 g/mol. The van der Waals surface area contributed by atoms with Gasteiger partial charge in [-0.3, -0.25) is 0 Å². The molecule has 1 aromatic carbocycles. The van der Waals surface area contributed by atoms with Crippen LogP contribution in [0.5, 0.6) is 0 Å². The van der Waals surface area contributed by atoms with Crippen LogP contribution in [-0.4, -0.2) is 27.2 Å². The van der Waals surface area contributed by atoms with Gasteiger partial charge in [0.15, 0.2) is 0 Å². The molecule has 2 atom stereocenters. The SMILES string of the molecule is Cc1cccc(N)c1S(=O)(=O)NC1CCOC(C)C1. The lowest BCUT2D eigenvalue weighted by molar-refractivity contribution is 0.0173. The number of nitrogens with one attached hydrogen (secondary N) is 1. The van der Waals surface area contributed by atoms with Crippen LogP contribution >= 0.6 is 0 Å². The summed E-state index contributed by atoms with van der Waals surface area (Å²) in [5.41, 5.74) is 6.74. The molecule has 0 aromatic heterocycles. The minimum absolute atomic E-state index is 0.0793. The number of nitrogen functional groups attached to an aromatic ring is 1. The molecule has 2 rings (SSSR count). The summed E-state index contributed by atoms with van der Waals surface area (Å²) in [5, 5.41) is 0. The molecule has 1 fully saturated rings. The first kappa shape index (κ1) is 14.3. The summed E-state index contributed by atoms with van der Waals surface area (Å²) >= 11 is 0. The van der Waals surface area contributed by atoms with Gasteiger partial charge in [-0.25, -0.2) is 13.1 Å². The number of benzene rings is 1. The maximum absolute atomic E-state index is 12.4. The maximum atomic E-state index is 12.4. The van der Waals surface area contributed by atoms with E-state index in [0.717, 1.165) is 0 Å². The van der Waals surface area contributed by atoms with E-state index in [4.69, 9.17) is 10.5 Å². The van der Waals surface area contributed by atoms with E-state index in [1.165, 1.54) is 0 Å². The molecule has 0 amide bonds. The van der Waals surface area contributed by atoms with E-state index in [-0.39, 0.29) is 22.7 Å². The molecule has 3 N–H and O–H groups in total. The molecular weight excluding hydrogens is 264 g/mol. The highest BCUT2D eigenvalue weighted by Crippen LogP contribution is 2.24. The summed E-state index contributed by atoms with van der Waals surface area (Å²) in [5.74, 6) is 0. The Bertz CT molecular complexity index is 537. The maximum Gasteiger partial charge on any atom is 0.243 e. The summed E-state index contributed by atoms with van der Waals surface area (Å²) in [7, 11) is -3.58. The molecular formula is C13H20N2O3S. The molecule has 19 heavy (non-hydrogen) atoms. The van der Waals surface area contributed by atoms with Crippen molar-refractivity contribution in [1.82, 2.24) is 4.72 Å². The van der Waals surface area contributed by atoms with E-state index < -0.39 is 10.0 Å². The molecule has 1 aliphatic rings. The van der Waals surface area contributed by atoms with Gasteiger partial charge in [0, 0.05) is 12.6 Å². The molecule has 0 spiro atoms. The summed E-state index contributed by atoms with van der Waals surface area (Å²) in [6.07, 6.45) is 1.45. The van der Waals surface area contributed by atoms with Crippen LogP contribution in [0.4, 0.5) is 5.69 Å². The smallest absolute Gasteiger partial charge is 0.243 e. The fraction of sp³-hybridized carbons (Fsp3) is 0.538. The van der Waals surface area contributed by atoms with E-state index in [9.17, 15) is 8.42 Å². The summed E-state index contributed by atoms with van der Waals surface area (Å²) in [4.78, 5) is 0.189. The van der Waals surface area contributed by atoms with Gasteiger partial charge in [0.2, 0.25) is 10.0 Å². The summed E-state index contributed by atoms with van der Waals surface area (Å²) in [6, 6.07) is 5.01. The molecule has 1 aliphatic heterocycles. The van der Waals surface area contributed by atoms with Crippen molar-refractivity contribution in [2.75, 3.05) is 12.3 Å². The predicted molar refractivity (Wildman–Crippen MR) is 74.3 cm³/mol. The number of anilines is 1. The normalized spacial score (nSPS) is 24.3. The minimum Gasteiger partial charge on any atom is -0.398 e. The van der Waals surface area contributed by atoms with Gasteiger partial charge in [-0.05, 0) is 38.3 Å². The van der Waals surface area contributed by atoms with Gasteiger partial charge in [0.25, 0.3) is 0 Å². The fourth-order valence-electron chi connectivity index (χ4n) is 2.43. The second-order valence-electron chi connectivity index (χ2n) is 5.02. The van der Waals surface area contributed by atoms with Crippen LogP contribution in [0.2, 0.25) is 0 Å². The summed E-state index contributed by atoms with van der Waals surface area (Å²) in [6.45, 7) is 4.28. The lowest BCUT2D eigenvalue weighted by atomic mass is 10.1. The summed E-state index contributed by atoms with van der Waals surface area (Å²) < 4.78 is 33.0. The second kappa shape index (κ2) is 5.48. The van der Waals surface area contributed by atoms with Gasteiger partial charge in [-0.15, -0.1) is 0 Å². The van der Waals surface area contributed by atoms with Gasteiger partial charge < -0.3 is 10.5 Å². The monoisotopic (exact) mass is 284 g/mol. The molecule has 1 saturated heterocycles. The molecule has 1 aromatic rings. The van der Waals surface area contributed by atoms with Crippen LogP contribution in [0.25, 0.3) is 0 Å². The molecule has 0 saturated carbocycles. The third-order valence-corrected chi connectivity index (χ3v) is 5.06. The quantitative estimate of drug-likeness (QED) is 0.823. The van der Waals surface area contributed by atoms with E-state index in [1.807, 2.05) is 6.92 Å². The highest BCUT2D eigenvalue weighted by Gasteiger charge is 2.27. The van der Waals surface area contributed by atoms with Crippen molar-refractivity contribution in [2.24, 2.45) is 0 Å². The topological polar surface area (TPSA) is 81.4 Å². The number of sulfonamides is 1. The Morgan fingerprint density at radius 1 is 1.42 bits per heavy atom. The zero-order valence-electron chi connectivity index (χ0n) is 11.2. The van der Waals surface area contributed by atoms with Gasteiger partial charge in [-0.1, -0.05) is 12.1 Å². The molecule has 5 nitrogen and oxygen atoms in total. The molecule has 0 bridgehead atoms. The molecule has 1 heterocycles. The Kier molecular flexibility index (Phi) is 4.13. The van der Waals surface area contributed by atoms with Crippen LogP contribution in [0.3, 0.4) is 0 Å². The third kappa shape index (κ3) is 3.26. The standard InChI is InChI=1S/C13H20N2O3S/c1-9-4-3-5-12(14)13(9)19(16,17)15-11-6-7-18-10(2)8-11/h3-5,10-11,15H,6-8,14H2,1-2H3. The van der Waals surface area contributed by atoms with Crippen LogP contribution in [-0.2, 0) is 14.8 Å². The highest BCUT2D eigenvalue weighted by atomic mass is 32.2. The highest BCUT2D eigenvalue weighted by molar-refractivity contribution is 7.89. The number of aryl methyl sites for hydroxylation is 1. The number of hydrogen-bond acceptors (Lipinski definition) is 4. The Hall–Kier alpha value is -1.11. The van der Waals surface area contributed by atoms with Crippen LogP contribution in [0, 0.1) is 6.92 Å². The molecule has 0 radical (unpaired) electrons. The first-order valence-electron chi connectivity index (χ1n) is 6.39. The van der Waals surface area contributed by atoms with Crippen LogP contribution in [0.1, 0.15) is 25.3 Å². The van der Waals surface area contributed by atoms with Gasteiger partial charge in [0.05, 0.1) is 11.8 Å². The lowest BCUT2D eigenvalue weighted by Gasteiger charge is -2.28. The number of rotatable bonds is 3. The van der Waals surface area contributed by atoms with E-state index in [0.29, 0.717) is 25.0 Å². The molecule has 6 heteroatoms. The molecule has 2 unspecified atom stereocenters. The first-order valence-corrected chi connectivity index (χ1v) is 7.87. The van der Waals surface area contributed by atoms with Crippen LogP contribution in [0.15, 0.2) is 23.1 Å². The van der Waals surface area contributed by atoms with Crippen molar-refractivity contribution in [3.8, 4) is 0 Å². The average Bonchev–Trinajstić information content (AvgIpc) is 2.27. The number of nitrogens with two attached hydrogens (primary N) is 1. The van der Waals surface area contributed by atoms with E-state index >= 15 is 0 Å². The van der Waals surface area contributed by atoms with Crippen molar-refractivity contribution in [3.63, 3.8) is 0 Å². The number of ether oxygens (including phenoxy) is 1. The first-order chi connectivity index (χ1) is 8.90. The van der Waals surface area contributed by atoms with Gasteiger partial charge >= 0.3 is 0 Å². The lowest BCUT2D eigenvalue weighted by Crippen LogP contribution is -2.41. The number of hydrogen-bond donors (Lipinski definition) is 2. The van der Waals surface area contributed by atoms with Crippen molar-refractivity contribution in [3.05, 3.63) is 23.8 Å². The third-order valence-electron chi connectivity index (χ3n) is 3.32. The Morgan fingerprint density at radius 3 is 2.79 bits per heavy atom. The zero-order chi connectivity index (χ0) is 14.0. The predicted octanol–water partition coefficient (Wildman–Crippen LogP) is 1.42.